The van der Waals surface area contributed by atoms with Gasteiger partial charge in [0.1, 0.15) is 0 Å². The molecule has 3 rings (SSSR count). The molecule has 0 aromatic heterocycles. The molecule has 144 valence electrons. The van der Waals surface area contributed by atoms with E-state index in [1.807, 2.05) is 32.0 Å². The van der Waals surface area contributed by atoms with Crippen LogP contribution < -0.4 is 10.2 Å². The summed E-state index contributed by atoms with van der Waals surface area (Å²) in [5, 5.41) is 3.66. The van der Waals surface area contributed by atoms with Crippen LogP contribution in [0, 0.1) is 0 Å². The topological polar surface area (TPSA) is 52.7 Å². The first-order valence-electron chi connectivity index (χ1n) is 9.36. The summed E-state index contributed by atoms with van der Waals surface area (Å²) in [5.41, 5.74) is 1.79. The lowest BCUT2D eigenvalue weighted by Crippen LogP contribution is -2.38. The fourth-order valence-electron chi connectivity index (χ4n) is 3.52. The van der Waals surface area contributed by atoms with E-state index in [9.17, 15) is 9.00 Å². The zero-order valence-corrected chi connectivity index (χ0v) is 17.2. The summed E-state index contributed by atoms with van der Waals surface area (Å²) >= 11 is 6.18. The van der Waals surface area contributed by atoms with Gasteiger partial charge in [-0.2, -0.15) is 0 Å². The Bertz CT molecular complexity index is 689. The van der Waals surface area contributed by atoms with Crippen LogP contribution >= 0.6 is 11.6 Å². The van der Waals surface area contributed by atoms with Crippen LogP contribution in [-0.2, 0) is 10.8 Å². The number of carbonyl (C=O) groups excluding carboxylic acids is 1. The summed E-state index contributed by atoms with van der Waals surface area (Å²) in [7, 11) is -0.915. The van der Waals surface area contributed by atoms with Gasteiger partial charge < -0.3 is 15.1 Å². The molecule has 1 aromatic carbocycles. The standard InChI is InChI=1S/C19H28ClN3O2S/c1-19(2)8-11-23(12-13-26(19)25)18(24)21-16-14-15(20)6-7-17(16)22-9-4-3-5-10-22/h6-7,14H,3-5,8-13H2,1-2H3,(H,21,24)/t26-/m0/s1. The first-order valence-corrected chi connectivity index (χ1v) is 11.1. The Kier molecular flexibility index (Phi) is 6.13. The fourth-order valence-corrected chi connectivity index (χ4v) is 4.95. The van der Waals surface area contributed by atoms with Gasteiger partial charge in [-0.1, -0.05) is 11.6 Å². The van der Waals surface area contributed by atoms with Gasteiger partial charge in [0.25, 0.3) is 0 Å². The fraction of sp³-hybridized carbons (Fsp3) is 0.632. The van der Waals surface area contributed by atoms with E-state index >= 15 is 0 Å². The number of nitrogens with zero attached hydrogens (tertiary/aromatic N) is 2. The zero-order valence-electron chi connectivity index (χ0n) is 15.6. The van der Waals surface area contributed by atoms with Gasteiger partial charge in [0, 0.05) is 52.5 Å². The molecule has 0 radical (unpaired) electrons. The molecule has 2 aliphatic heterocycles. The first kappa shape index (κ1) is 19.5. The van der Waals surface area contributed by atoms with E-state index < -0.39 is 10.8 Å². The Hall–Kier alpha value is -1.27. The van der Waals surface area contributed by atoms with Crippen LogP contribution in [0.15, 0.2) is 18.2 Å². The third-order valence-electron chi connectivity index (χ3n) is 5.33. The van der Waals surface area contributed by atoms with Gasteiger partial charge in [-0.3, -0.25) is 4.21 Å². The quantitative estimate of drug-likeness (QED) is 0.817. The number of rotatable bonds is 2. The molecular weight excluding hydrogens is 370 g/mol. The maximum atomic E-state index is 12.8. The van der Waals surface area contributed by atoms with E-state index in [1.54, 1.807) is 4.90 Å². The number of urea groups is 1. The lowest BCUT2D eigenvalue weighted by molar-refractivity contribution is 0.214. The number of hydrogen-bond acceptors (Lipinski definition) is 3. The van der Waals surface area contributed by atoms with Crippen molar-refractivity contribution in [2.24, 2.45) is 0 Å². The van der Waals surface area contributed by atoms with E-state index in [0.29, 0.717) is 23.9 Å². The molecule has 2 aliphatic rings. The van der Waals surface area contributed by atoms with Gasteiger partial charge >= 0.3 is 6.03 Å². The lowest BCUT2D eigenvalue weighted by Gasteiger charge is -2.31. The number of anilines is 2. The van der Waals surface area contributed by atoms with Crippen LogP contribution in [-0.4, -0.2) is 51.8 Å². The first-order chi connectivity index (χ1) is 12.4. The largest absolute Gasteiger partial charge is 0.370 e. The van der Waals surface area contributed by atoms with Gasteiger partial charge in [-0.25, -0.2) is 4.79 Å². The summed E-state index contributed by atoms with van der Waals surface area (Å²) < 4.78 is 12.1. The van der Waals surface area contributed by atoms with Crippen LogP contribution in [0.25, 0.3) is 0 Å². The summed E-state index contributed by atoms with van der Waals surface area (Å²) in [6, 6.07) is 5.55. The number of piperidine rings is 1. The van der Waals surface area contributed by atoms with Crippen LogP contribution in [0.1, 0.15) is 39.5 Å². The van der Waals surface area contributed by atoms with Gasteiger partial charge in [0.15, 0.2) is 0 Å². The molecule has 0 aliphatic carbocycles. The van der Waals surface area contributed by atoms with Crippen molar-refractivity contribution in [2.45, 2.75) is 44.3 Å². The third kappa shape index (κ3) is 4.52. The highest BCUT2D eigenvalue weighted by atomic mass is 35.5. The Morgan fingerprint density at radius 1 is 1.15 bits per heavy atom. The minimum absolute atomic E-state index is 0.139. The summed E-state index contributed by atoms with van der Waals surface area (Å²) in [6.45, 7) is 7.15. The van der Waals surface area contributed by atoms with E-state index in [1.165, 1.54) is 19.3 Å². The monoisotopic (exact) mass is 397 g/mol. The van der Waals surface area contributed by atoms with Gasteiger partial charge in [0.2, 0.25) is 0 Å². The second kappa shape index (κ2) is 8.17. The average Bonchev–Trinajstić information content (AvgIpc) is 2.75. The van der Waals surface area contributed by atoms with Gasteiger partial charge in [0.05, 0.1) is 11.4 Å². The second-order valence-corrected chi connectivity index (χ2v) is 10.3. The van der Waals surface area contributed by atoms with Crippen molar-refractivity contribution in [3.63, 3.8) is 0 Å². The molecule has 1 atom stereocenters. The van der Waals surface area contributed by atoms with Crippen molar-refractivity contribution in [1.29, 1.82) is 0 Å². The van der Waals surface area contributed by atoms with Crippen LogP contribution in [0.2, 0.25) is 5.02 Å². The van der Waals surface area contributed by atoms with Crippen molar-refractivity contribution in [3.05, 3.63) is 23.2 Å². The number of halogens is 1. The van der Waals surface area contributed by atoms with Gasteiger partial charge in [-0.05, 0) is 57.7 Å². The zero-order chi connectivity index (χ0) is 18.7. The molecule has 2 amide bonds. The van der Waals surface area contributed by atoms with Crippen molar-refractivity contribution < 1.29 is 9.00 Å². The molecule has 1 aromatic rings. The van der Waals surface area contributed by atoms with Crippen molar-refractivity contribution in [1.82, 2.24) is 4.90 Å². The lowest BCUT2D eigenvalue weighted by atomic mass is 10.1. The Labute approximate surface area is 163 Å². The summed E-state index contributed by atoms with van der Waals surface area (Å²) in [4.78, 5) is 16.9. The number of carbonyl (C=O) groups is 1. The number of nitrogens with one attached hydrogen (secondary N) is 1. The molecule has 5 nitrogen and oxygen atoms in total. The third-order valence-corrected chi connectivity index (χ3v) is 7.56. The molecule has 2 fully saturated rings. The Morgan fingerprint density at radius 2 is 1.88 bits per heavy atom. The minimum atomic E-state index is -0.915. The van der Waals surface area contributed by atoms with Crippen LogP contribution in [0.5, 0.6) is 0 Å². The SMILES string of the molecule is CC1(C)CCN(C(=O)Nc2cc(Cl)ccc2N2CCCCC2)CC[S@@]1=O. The molecule has 26 heavy (non-hydrogen) atoms. The van der Waals surface area contributed by atoms with Crippen molar-refractivity contribution >= 4 is 39.8 Å². The molecule has 7 heteroatoms. The molecule has 0 bridgehead atoms. The predicted molar refractivity (Wildman–Crippen MR) is 110 cm³/mol. The minimum Gasteiger partial charge on any atom is -0.370 e. The van der Waals surface area contributed by atoms with Crippen LogP contribution in [0.4, 0.5) is 16.2 Å². The average molecular weight is 398 g/mol. The summed E-state index contributed by atoms with van der Waals surface area (Å²) in [5.74, 6) is 0.523. The van der Waals surface area contributed by atoms with Crippen LogP contribution in [0.3, 0.4) is 0 Å². The second-order valence-electron chi connectivity index (χ2n) is 7.69. The molecular formula is C19H28ClN3O2S. The van der Waals surface area contributed by atoms with E-state index in [2.05, 4.69) is 10.2 Å². The number of benzene rings is 1. The maximum Gasteiger partial charge on any atom is 0.321 e. The van der Waals surface area contributed by atoms with E-state index in [4.69, 9.17) is 11.6 Å². The van der Waals surface area contributed by atoms with Crippen molar-refractivity contribution in [2.75, 3.05) is 42.1 Å². The highest BCUT2D eigenvalue weighted by Gasteiger charge is 2.31. The molecule has 0 unspecified atom stereocenters. The highest BCUT2D eigenvalue weighted by Crippen LogP contribution is 2.32. The van der Waals surface area contributed by atoms with Crippen molar-refractivity contribution in [3.8, 4) is 0 Å². The molecule has 0 spiro atoms. The predicted octanol–water partition coefficient (Wildman–Crippen LogP) is 4.10. The summed E-state index contributed by atoms with van der Waals surface area (Å²) in [6.07, 6.45) is 4.33. The smallest absolute Gasteiger partial charge is 0.321 e. The van der Waals surface area contributed by atoms with E-state index in [-0.39, 0.29) is 10.8 Å². The molecule has 1 N–H and O–H groups in total. The Balaban J connectivity index is 1.74. The number of amides is 2. The molecule has 2 saturated heterocycles. The molecule has 0 saturated carbocycles. The Morgan fingerprint density at radius 3 is 2.62 bits per heavy atom. The normalized spacial score (nSPS) is 23.4. The molecule has 2 heterocycles. The highest BCUT2D eigenvalue weighted by molar-refractivity contribution is 7.86. The maximum absolute atomic E-state index is 12.8. The van der Waals surface area contributed by atoms with E-state index in [0.717, 1.165) is 30.9 Å². The number of hydrogen-bond donors (Lipinski definition) is 1. The van der Waals surface area contributed by atoms with Gasteiger partial charge in [-0.15, -0.1) is 0 Å².